The molecule has 0 saturated carbocycles. The zero-order valence-corrected chi connectivity index (χ0v) is 22.8. The van der Waals surface area contributed by atoms with Crippen molar-refractivity contribution in [3.05, 3.63) is 124 Å². The van der Waals surface area contributed by atoms with E-state index >= 15 is 0 Å². The predicted octanol–water partition coefficient (Wildman–Crippen LogP) is 6.13. The smallest absolute Gasteiger partial charge is 0.349 e. The third kappa shape index (κ3) is 6.38. The maximum atomic E-state index is 12.4. The van der Waals surface area contributed by atoms with Crippen LogP contribution in [0.1, 0.15) is 22.6 Å². The number of nitrogens with zero attached hydrogens (tertiary/aromatic N) is 1. The summed E-state index contributed by atoms with van der Waals surface area (Å²) in [6.07, 6.45) is 0. The van der Waals surface area contributed by atoms with Crippen LogP contribution in [-0.2, 0) is 11.4 Å². The first kappa shape index (κ1) is 27.4. The molecule has 0 fully saturated rings. The lowest BCUT2D eigenvalue weighted by atomic mass is 9.83. The highest BCUT2D eigenvalue weighted by atomic mass is 35.5. The molecule has 8 nitrogen and oxygen atoms in total. The zero-order chi connectivity index (χ0) is 28.8. The number of allylic oxidation sites excluding steroid dienone is 1. The van der Waals surface area contributed by atoms with E-state index in [0.29, 0.717) is 40.2 Å². The van der Waals surface area contributed by atoms with Crippen molar-refractivity contribution >= 4 is 17.6 Å². The van der Waals surface area contributed by atoms with Crippen molar-refractivity contribution in [1.29, 1.82) is 5.26 Å². The number of carbonyl (C=O) groups is 1. The number of esters is 1. The summed E-state index contributed by atoms with van der Waals surface area (Å²) in [4.78, 5) is 12.4. The van der Waals surface area contributed by atoms with E-state index in [9.17, 15) is 10.1 Å². The first-order valence-electron chi connectivity index (χ1n) is 12.6. The van der Waals surface area contributed by atoms with Crippen molar-refractivity contribution in [3.63, 3.8) is 0 Å². The standard InChI is InChI=1S/C32H25ClN2O6/c1-37-22-10-12-24(13-11-22)39-19-30(36)40-25-14-15-26-29(16-25)41-32(35)27(17-34)31(26)20-6-8-23(9-7-20)38-18-21-4-2-3-5-28(21)33/h2-16,31H,18-19,35H2,1H3. The van der Waals surface area contributed by atoms with Gasteiger partial charge in [-0.05, 0) is 54.1 Å². The Balaban J connectivity index is 1.29. The summed E-state index contributed by atoms with van der Waals surface area (Å²) in [5.74, 6) is 1.37. The fourth-order valence-corrected chi connectivity index (χ4v) is 4.54. The van der Waals surface area contributed by atoms with E-state index in [1.165, 1.54) is 0 Å². The van der Waals surface area contributed by atoms with Crippen LogP contribution in [0, 0.1) is 11.3 Å². The number of hydrogen-bond acceptors (Lipinski definition) is 8. The molecular weight excluding hydrogens is 544 g/mol. The largest absolute Gasteiger partial charge is 0.497 e. The lowest BCUT2D eigenvalue weighted by molar-refractivity contribution is -0.136. The SMILES string of the molecule is COc1ccc(OCC(=O)Oc2ccc3c(c2)OC(N)=C(C#N)C3c2ccc(OCc3ccccc3Cl)cc2)cc1. The summed E-state index contributed by atoms with van der Waals surface area (Å²) in [7, 11) is 1.57. The number of methoxy groups -OCH3 is 1. The van der Waals surface area contributed by atoms with E-state index in [4.69, 9.17) is 41.0 Å². The second-order valence-electron chi connectivity index (χ2n) is 9.01. The third-order valence-electron chi connectivity index (χ3n) is 6.40. The molecule has 4 aromatic carbocycles. The summed E-state index contributed by atoms with van der Waals surface area (Å²) >= 11 is 6.22. The summed E-state index contributed by atoms with van der Waals surface area (Å²) in [6.45, 7) is 0.0282. The normalized spacial score (nSPS) is 13.8. The lowest BCUT2D eigenvalue weighted by Crippen LogP contribution is -2.21. The van der Waals surface area contributed by atoms with Crippen molar-refractivity contribution in [2.24, 2.45) is 5.73 Å². The molecule has 0 aliphatic carbocycles. The summed E-state index contributed by atoms with van der Waals surface area (Å²) in [5.41, 5.74) is 8.81. The van der Waals surface area contributed by atoms with Gasteiger partial charge in [0.05, 0.1) is 13.0 Å². The second kappa shape index (κ2) is 12.4. The minimum Gasteiger partial charge on any atom is -0.497 e. The maximum absolute atomic E-state index is 12.4. The van der Waals surface area contributed by atoms with Crippen LogP contribution in [0.2, 0.25) is 5.02 Å². The van der Waals surface area contributed by atoms with E-state index in [2.05, 4.69) is 6.07 Å². The zero-order valence-electron chi connectivity index (χ0n) is 22.0. The number of halogens is 1. The summed E-state index contributed by atoms with van der Waals surface area (Å²) in [5, 5.41) is 10.5. The molecule has 1 heterocycles. The van der Waals surface area contributed by atoms with Crippen molar-refractivity contribution in [2.75, 3.05) is 13.7 Å². The van der Waals surface area contributed by atoms with E-state index < -0.39 is 11.9 Å². The van der Waals surface area contributed by atoms with Crippen molar-refractivity contribution in [2.45, 2.75) is 12.5 Å². The Morgan fingerprint density at radius 2 is 1.59 bits per heavy atom. The Kier molecular flexibility index (Phi) is 8.28. The number of nitriles is 1. The molecule has 1 unspecified atom stereocenters. The van der Waals surface area contributed by atoms with Gasteiger partial charge in [-0.1, -0.05) is 48.0 Å². The Labute approximate surface area is 242 Å². The molecule has 5 rings (SSSR count). The number of carbonyl (C=O) groups excluding carboxylic acids is 1. The molecule has 0 radical (unpaired) electrons. The van der Waals surface area contributed by atoms with Crippen LogP contribution in [0.25, 0.3) is 0 Å². The monoisotopic (exact) mass is 568 g/mol. The highest BCUT2D eigenvalue weighted by Gasteiger charge is 2.31. The van der Waals surface area contributed by atoms with Gasteiger partial charge in [-0.15, -0.1) is 0 Å². The van der Waals surface area contributed by atoms with Gasteiger partial charge in [0.25, 0.3) is 0 Å². The maximum Gasteiger partial charge on any atom is 0.349 e. The molecule has 1 atom stereocenters. The van der Waals surface area contributed by atoms with Gasteiger partial charge in [0.1, 0.15) is 47.0 Å². The Hall–Kier alpha value is -5.13. The molecule has 0 aromatic heterocycles. The molecule has 9 heteroatoms. The Morgan fingerprint density at radius 1 is 0.927 bits per heavy atom. The van der Waals surface area contributed by atoms with Gasteiger partial charge in [-0.25, -0.2) is 4.79 Å². The molecule has 0 spiro atoms. The van der Waals surface area contributed by atoms with Crippen LogP contribution >= 0.6 is 11.6 Å². The molecule has 1 aliphatic heterocycles. The molecular formula is C32H25ClN2O6. The van der Waals surface area contributed by atoms with Gasteiger partial charge in [0.15, 0.2) is 6.61 Å². The third-order valence-corrected chi connectivity index (χ3v) is 6.77. The molecule has 41 heavy (non-hydrogen) atoms. The van der Waals surface area contributed by atoms with Gasteiger partial charge in [0.2, 0.25) is 5.88 Å². The highest BCUT2D eigenvalue weighted by Crippen LogP contribution is 2.43. The van der Waals surface area contributed by atoms with Gasteiger partial charge in [-0.3, -0.25) is 0 Å². The minimum atomic E-state index is -0.596. The first-order chi connectivity index (χ1) is 19.9. The van der Waals surface area contributed by atoms with Gasteiger partial charge in [-0.2, -0.15) is 5.26 Å². The lowest BCUT2D eigenvalue weighted by Gasteiger charge is -2.26. The van der Waals surface area contributed by atoms with Crippen LogP contribution < -0.4 is 29.4 Å². The van der Waals surface area contributed by atoms with Crippen molar-refractivity contribution in [1.82, 2.24) is 0 Å². The number of fused-ring (bicyclic) bond motifs is 1. The molecule has 206 valence electrons. The average molecular weight is 569 g/mol. The molecule has 0 amide bonds. The summed E-state index contributed by atoms with van der Waals surface area (Å²) in [6, 6.07) is 28.8. The Bertz CT molecular complexity index is 1630. The molecule has 0 bridgehead atoms. The molecule has 0 saturated heterocycles. The number of hydrogen-bond donors (Lipinski definition) is 1. The van der Waals surface area contributed by atoms with E-state index in [-0.39, 0.29) is 23.8 Å². The molecule has 4 aromatic rings. The first-order valence-corrected chi connectivity index (χ1v) is 13.0. The predicted molar refractivity (Wildman–Crippen MR) is 152 cm³/mol. The highest BCUT2D eigenvalue weighted by molar-refractivity contribution is 6.31. The van der Waals surface area contributed by atoms with Gasteiger partial charge in [0, 0.05) is 22.2 Å². The van der Waals surface area contributed by atoms with E-state index in [1.807, 2.05) is 48.5 Å². The van der Waals surface area contributed by atoms with E-state index in [1.54, 1.807) is 49.6 Å². The average Bonchev–Trinajstić information content (AvgIpc) is 2.99. The van der Waals surface area contributed by atoms with Crippen LogP contribution in [0.4, 0.5) is 0 Å². The Morgan fingerprint density at radius 3 is 2.29 bits per heavy atom. The number of rotatable bonds is 9. The fraction of sp³-hybridized carbons (Fsp3) is 0.125. The van der Waals surface area contributed by atoms with Crippen LogP contribution in [0.15, 0.2) is 102 Å². The topological polar surface area (TPSA) is 113 Å². The van der Waals surface area contributed by atoms with Crippen LogP contribution in [-0.4, -0.2) is 19.7 Å². The van der Waals surface area contributed by atoms with Crippen molar-refractivity contribution in [3.8, 4) is 34.8 Å². The number of ether oxygens (including phenoxy) is 5. The van der Waals surface area contributed by atoms with Gasteiger partial charge < -0.3 is 29.4 Å². The quantitative estimate of drug-likeness (QED) is 0.189. The molecule has 1 aliphatic rings. The van der Waals surface area contributed by atoms with Crippen LogP contribution in [0.5, 0.6) is 28.7 Å². The second-order valence-corrected chi connectivity index (χ2v) is 9.42. The van der Waals surface area contributed by atoms with E-state index in [0.717, 1.165) is 11.1 Å². The fourth-order valence-electron chi connectivity index (χ4n) is 4.35. The van der Waals surface area contributed by atoms with Crippen LogP contribution in [0.3, 0.4) is 0 Å². The van der Waals surface area contributed by atoms with Gasteiger partial charge >= 0.3 is 5.97 Å². The minimum absolute atomic E-state index is 0.0182. The van der Waals surface area contributed by atoms with Crippen molar-refractivity contribution < 1.29 is 28.5 Å². The molecule has 2 N–H and O–H groups in total. The number of nitrogens with two attached hydrogens (primary N) is 1. The number of benzene rings is 4. The summed E-state index contributed by atoms with van der Waals surface area (Å²) < 4.78 is 27.7.